The van der Waals surface area contributed by atoms with Gasteiger partial charge in [-0.2, -0.15) is 0 Å². The van der Waals surface area contributed by atoms with E-state index in [2.05, 4.69) is 29.6 Å². The van der Waals surface area contributed by atoms with Gasteiger partial charge in [-0.25, -0.2) is 0 Å². The lowest BCUT2D eigenvalue weighted by Crippen LogP contribution is -2.57. The lowest BCUT2D eigenvalue weighted by atomic mass is 9.80. The number of carbonyl (C=O) groups excluding carboxylic acids is 1. The number of benzene rings is 1. The molecule has 4 aliphatic rings. The van der Waals surface area contributed by atoms with Crippen LogP contribution in [0.15, 0.2) is 35.3 Å². The van der Waals surface area contributed by atoms with E-state index in [1.165, 1.54) is 18.4 Å². The van der Waals surface area contributed by atoms with Crippen molar-refractivity contribution in [2.75, 3.05) is 13.2 Å². The topological polar surface area (TPSA) is 50.7 Å². The first-order valence-electron chi connectivity index (χ1n) is 8.93. The van der Waals surface area contributed by atoms with E-state index in [4.69, 9.17) is 9.73 Å². The highest BCUT2D eigenvalue weighted by Crippen LogP contribution is 2.52. The molecule has 2 aliphatic heterocycles. The fourth-order valence-corrected chi connectivity index (χ4v) is 5.67. The number of hydrogen-bond donors (Lipinski definition) is 1. The molecule has 5 heteroatoms. The molecule has 0 amide bonds. The Kier molecular flexibility index (Phi) is 3.49. The van der Waals surface area contributed by atoms with Crippen molar-refractivity contribution in [2.24, 2.45) is 16.8 Å². The van der Waals surface area contributed by atoms with Crippen molar-refractivity contribution < 1.29 is 9.53 Å². The van der Waals surface area contributed by atoms with Crippen LogP contribution in [-0.2, 0) is 9.53 Å². The first-order chi connectivity index (χ1) is 11.7. The number of nitrogens with zero attached hydrogens (tertiary/aromatic N) is 1. The molecule has 0 unspecified atom stereocenters. The van der Waals surface area contributed by atoms with E-state index in [0.717, 1.165) is 24.1 Å². The third-order valence-corrected chi connectivity index (χ3v) is 7.26. The summed E-state index contributed by atoms with van der Waals surface area (Å²) in [5.74, 6) is 1.48. The quantitative estimate of drug-likeness (QED) is 0.918. The van der Waals surface area contributed by atoms with Gasteiger partial charge in [0, 0.05) is 13.0 Å². The summed E-state index contributed by atoms with van der Waals surface area (Å²) >= 11 is 1.64. The van der Waals surface area contributed by atoms with Gasteiger partial charge in [-0.15, -0.1) is 0 Å². The van der Waals surface area contributed by atoms with Gasteiger partial charge in [-0.3, -0.25) is 9.79 Å². The predicted molar refractivity (Wildman–Crippen MR) is 95.1 cm³/mol. The highest BCUT2D eigenvalue weighted by molar-refractivity contribution is 8.15. The maximum atomic E-state index is 12.6. The summed E-state index contributed by atoms with van der Waals surface area (Å²) in [5, 5.41) is 4.57. The SMILES string of the molecule is O=C1C[C@H]2C[C@@H](c3ccccc3)OC[C@]23NC(=NCC2CC2)S[C@H]13. The molecule has 0 bridgehead atoms. The molecule has 24 heavy (non-hydrogen) atoms. The zero-order chi connectivity index (χ0) is 16.1. The van der Waals surface area contributed by atoms with Gasteiger partial charge in [0.1, 0.15) is 5.78 Å². The minimum atomic E-state index is -0.227. The van der Waals surface area contributed by atoms with Crippen LogP contribution in [0.2, 0.25) is 0 Å². The Hall–Kier alpha value is -1.33. The number of ether oxygens (including phenoxy) is 1. The smallest absolute Gasteiger partial charge is 0.157 e. The molecule has 0 aromatic heterocycles. The summed E-state index contributed by atoms with van der Waals surface area (Å²) in [4.78, 5) is 17.3. The summed E-state index contributed by atoms with van der Waals surface area (Å²) < 4.78 is 6.23. The maximum absolute atomic E-state index is 12.6. The van der Waals surface area contributed by atoms with Gasteiger partial charge in [0.05, 0.1) is 23.5 Å². The first kappa shape index (κ1) is 15.0. The number of carbonyl (C=O) groups is 1. The Balaban J connectivity index is 1.37. The number of ketones is 1. The van der Waals surface area contributed by atoms with E-state index in [1.54, 1.807) is 11.8 Å². The Morgan fingerprint density at radius 2 is 2.12 bits per heavy atom. The highest BCUT2D eigenvalue weighted by atomic mass is 32.2. The molecular formula is C19H22N2O2S. The van der Waals surface area contributed by atoms with Gasteiger partial charge < -0.3 is 10.1 Å². The summed E-state index contributed by atoms with van der Waals surface area (Å²) in [6.45, 7) is 1.51. The van der Waals surface area contributed by atoms with Crippen LogP contribution in [0, 0.1) is 11.8 Å². The molecule has 126 valence electrons. The highest BCUT2D eigenvalue weighted by Gasteiger charge is 2.62. The summed E-state index contributed by atoms with van der Waals surface area (Å²) in [6.07, 6.45) is 4.30. The van der Waals surface area contributed by atoms with E-state index in [-0.39, 0.29) is 16.9 Å². The van der Waals surface area contributed by atoms with Crippen molar-refractivity contribution in [1.82, 2.24) is 5.32 Å². The maximum Gasteiger partial charge on any atom is 0.157 e. The average Bonchev–Trinajstić information content (AvgIpc) is 3.30. The van der Waals surface area contributed by atoms with Gasteiger partial charge in [0.25, 0.3) is 0 Å². The number of nitrogens with one attached hydrogen (secondary N) is 1. The molecule has 2 saturated heterocycles. The monoisotopic (exact) mass is 342 g/mol. The van der Waals surface area contributed by atoms with Crippen LogP contribution in [0.4, 0.5) is 0 Å². The number of Topliss-reactive ketones (excluding diaryl/α,β-unsaturated/α-hetero) is 1. The molecule has 4 nitrogen and oxygen atoms in total. The number of hydrogen-bond acceptors (Lipinski definition) is 4. The second-order valence-corrected chi connectivity index (χ2v) is 8.66. The average molecular weight is 342 g/mol. The van der Waals surface area contributed by atoms with Gasteiger partial charge in [0.15, 0.2) is 5.17 Å². The Morgan fingerprint density at radius 3 is 2.92 bits per heavy atom. The largest absolute Gasteiger partial charge is 0.371 e. The zero-order valence-corrected chi connectivity index (χ0v) is 14.4. The van der Waals surface area contributed by atoms with Crippen molar-refractivity contribution in [2.45, 2.75) is 42.6 Å². The van der Waals surface area contributed by atoms with Crippen LogP contribution >= 0.6 is 11.8 Å². The molecule has 2 heterocycles. The van der Waals surface area contributed by atoms with Crippen LogP contribution in [0.3, 0.4) is 0 Å². The van der Waals surface area contributed by atoms with Crippen LogP contribution < -0.4 is 5.32 Å². The number of rotatable bonds is 3. The summed E-state index contributed by atoms with van der Waals surface area (Å²) in [6, 6.07) is 10.4. The minimum Gasteiger partial charge on any atom is -0.371 e. The molecule has 4 atom stereocenters. The number of aliphatic imine (C=N–C) groups is 1. The van der Waals surface area contributed by atoms with Crippen molar-refractivity contribution in [3.63, 3.8) is 0 Å². The van der Waals surface area contributed by atoms with E-state index in [9.17, 15) is 4.79 Å². The zero-order valence-electron chi connectivity index (χ0n) is 13.6. The summed E-state index contributed by atoms with van der Waals surface area (Å²) in [5.41, 5.74) is 0.992. The second kappa shape index (κ2) is 5.60. The predicted octanol–water partition coefficient (Wildman–Crippen LogP) is 2.95. The van der Waals surface area contributed by atoms with Crippen LogP contribution in [-0.4, -0.2) is 34.9 Å². The molecule has 1 aromatic carbocycles. The lowest BCUT2D eigenvalue weighted by molar-refractivity contribution is -0.117. The van der Waals surface area contributed by atoms with E-state index >= 15 is 0 Å². The van der Waals surface area contributed by atoms with Crippen molar-refractivity contribution >= 4 is 22.7 Å². The standard InChI is InChI=1S/C19H22N2O2S/c22-15-8-14-9-16(13-4-2-1-3-5-13)23-11-19(14)17(15)24-18(21-19)20-10-12-6-7-12/h1-5,12,14,16-17H,6-11H2,(H,20,21)/t14-,16-,17+,19-/m0/s1. The lowest BCUT2D eigenvalue weighted by Gasteiger charge is -2.41. The van der Waals surface area contributed by atoms with Gasteiger partial charge >= 0.3 is 0 Å². The van der Waals surface area contributed by atoms with Crippen LogP contribution in [0.1, 0.15) is 37.4 Å². The van der Waals surface area contributed by atoms with Gasteiger partial charge in [-0.1, -0.05) is 42.1 Å². The minimum absolute atomic E-state index is 0.0165. The number of thioether (sulfide) groups is 1. The van der Waals surface area contributed by atoms with E-state index < -0.39 is 0 Å². The first-order valence-corrected chi connectivity index (χ1v) is 9.81. The van der Waals surface area contributed by atoms with Gasteiger partial charge in [-0.05, 0) is 36.7 Å². The van der Waals surface area contributed by atoms with E-state index in [0.29, 0.717) is 24.7 Å². The van der Waals surface area contributed by atoms with E-state index in [1.807, 2.05) is 6.07 Å². The Bertz CT molecular complexity index is 688. The summed E-state index contributed by atoms with van der Waals surface area (Å²) in [7, 11) is 0. The molecule has 1 N–H and O–H groups in total. The van der Waals surface area contributed by atoms with Crippen molar-refractivity contribution in [3.05, 3.63) is 35.9 Å². The molecule has 1 aromatic rings. The number of amidine groups is 1. The Labute approximate surface area is 146 Å². The second-order valence-electron chi connectivity index (χ2n) is 7.57. The van der Waals surface area contributed by atoms with Crippen molar-refractivity contribution in [1.29, 1.82) is 0 Å². The van der Waals surface area contributed by atoms with Crippen LogP contribution in [0.25, 0.3) is 0 Å². The molecule has 5 rings (SSSR count). The Morgan fingerprint density at radius 1 is 1.29 bits per heavy atom. The third-order valence-electron chi connectivity index (χ3n) is 5.89. The molecule has 2 saturated carbocycles. The molecule has 2 aliphatic carbocycles. The van der Waals surface area contributed by atoms with Gasteiger partial charge in [0.2, 0.25) is 0 Å². The molecule has 0 radical (unpaired) electrons. The molecule has 4 fully saturated rings. The van der Waals surface area contributed by atoms with Crippen LogP contribution in [0.5, 0.6) is 0 Å². The normalized spacial score (nSPS) is 39.6. The fourth-order valence-electron chi connectivity index (χ4n) is 4.29. The molecular weight excluding hydrogens is 320 g/mol. The van der Waals surface area contributed by atoms with Crippen molar-refractivity contribution in [3.8, 4) is 0 Å². The fraction of sp³-hybridized carbons (Fsp3) is 0.579. The molecule has 1 spiro atoms. The third kappa shape index (κ3) is 2.40.